The molecule has 2 N–H and O–H groups in total. The van der Waals surface area contributed by atoms with Crippen molar-refractivity contribution in [2.75, 3.05) is 30.4 Å². The maximum absolute atomic E-state index is 14.9. The van der Waals surface area contributed by atoms with Crippen LogP contribution in [-0.2, 0) is 13.6 Å². The van der Waals surface area contributed by atoms with E-state index in [0.717, 1.165) is 30.6 Å². The number of carbonyl (C=O) groups is 1. The second-order valence-electron chi connectivity index (χ2n) is 9.20. The summed E-state index contributed by atoms with van der Waals surface area (Å²) in [4.78, 5) is 24.5. The molecule has 1 fully saturated rings. The molecule has 10 heteroatoms. The number of hydrogen-bond donors (Lipinski definition) is 2. The van der Waals surface area contributed by atoms with Gasteiger partial charge in [-0.2, -0.15) is 5.10 Å². The summed E-state index contributed by atoms with van der Waals surface area (Å²) >= 11 is 0. The van der Waals surface area contributed by atoms with Gasteiger partial charge in [0, 0.05) is 54.3 Å². The third-order valence-electron chi connectivity index (χ3n) is 6.85. The summed E-state index contributed by atoms with van der Waals surface area (Å²) in [5.41, 5.74) is 3.60. The quantitative estimate of drug-likeness (QED) is 0.418. The fourth-order valence-corrected chi connectivity index (χ4v) is 5.01. The zero-order valence-electron chi connectivity index (χ0n) is 20.5. The molecule has 0 radical (unpaired) electrons. The molecule has 9 nitrogen and oxygen atoms in total. The van der Waals surface area contributed by atoms with Gasteiger partial charge in [0.05, 0.1) is 31.1 Å². The number of ether oxygens (including phenoxy) is 1. The molecule has 6 rings (SSSR count). The van der Waals surface area contributed by atoms with Gasteiger partial charge in [0.15, 0.2) is 0 Å². The zero-order chi connectivity index (χ0) is 25.5. The third kappa shape index (κ3) is 4.09. The average molecular weight is 500 g/mol. The minimum atomic E-state index is -0.457. The van der Waals surface area contributed by atoms with Crippen LogP contribution in [0, 0.1) is 5.82 Å². The summed E-state index contributed by atoms with van der Waals surface area (Å²) in [5, 5.41) is 11.2. The van der Waals surface area contributed by atoms with Crippen LogP contribution in [0.2, 0.25) is 0 Å². The van der Waals surface area contributed by atoms with E-state index in [9.17, 15) is 9.18 Å². The minimum Gasteiger partial charge on any atom is -0.496 e. The number of aryl methyl sites for hydroxylation is 1. The van der Waals surface area contributed by atoms with Crippen molar-refractivity contribution >= 4 is 17.5 Å². The van der Waals surface area contributed by atoms with Crippen LogP contribution < -0.4 is 20.3 Å². The van der Waals surface area contributed by atoms with Crippen molar-refractivity contribution in [1.29, 1.82) is 0 Å². The van der Waals surface area contributed by atoms with Gasteiger partial charge in [0.2, 0.25) is 0 Å². The Labute approximate surface area is 213 Å². The lowest BCUT2D eigenvalue weighted by molar-refractivity contribution is 0.0996. The summed E-state index contributed by atoms with van der Waals surface area (Å²) in [6, 6.07) is 10.3. The second kappa shape index (κ2) is 9.29. The van der Waals surface area contributed by atoms with Gasteiger partial charge in [-0.15, -0.1) is 0 Å². The van der Waals surface area contributed by atoms with Crippen LogP contribution in [0.4, 0.5) is 16.0 Å². The van der Waals surface area contributed by atoms with Crippen molar-refractivity contribution in [2.24, 2.45) is 7.05 Å². The van der Waals surface area contributed by atoms with Gasteiger partial charge in [0.25, 0.3) is 5.91 Å². The van der Waals surface area contributed by atoms with Crippen LogP contribution in [0.25, 0.3) is 22.4 Å². The highest BCUT2D eigenvalue weighted by Crippen LogP contribution is 2.39. The molecule has 0 saturated carbocycles. The van der Waals surface area contributed by atoms with Crippen molar-refractivity contribution < 1.29 is 13.9 Å². The topological polar surface area (TPSA) is 97.2 Å². The van der Waals surface area contributed by atoms with Gasteiger partial charge >= 0.3 is 0 Å². The molecule has 1 saturated heterocycles. The first kappa shape index (κ1) is 23.1. The van der Waals surface area contributed by atoms with E-state index < -0.39 is 5.82 Å². The Morgan fingerprint density at radius 2 is 2.08 bits per heavy atom. The second-order valence-corrected chi connectivity index (χ2v) is 9.20. The molecular weight excluding hydrogens is 473 g/mol. The van der Waals surface area contributed by atoms with Gasteiger partial charge in [0.1, 0.15) is 23.2 Å². The number of methoxy groups -OCH3 is 1. The Balaban J connectivity index is 1.40. The largest absolute Gasteiger partial charge is 0.496 e. The number of nitrogens with one attached hydrogen (secondary N) is 2. The highest BCUT2D eigenvalue weighted by atomic mass is 19.1. The van der Waals surface area contributed by atoms with E-state index in [2.05, 4.69) is 20.7 Å². The van der Waals surface area contributed by atoms with Crippen molar-refractivity contribution in [3.63, 3.8) is 0 Å². The number of fused-ring (bicyclic) bond motifs is 1. The average Bonchev–Trinajstić information content (AvgIpc) is 3.65. The highest BCUT2D eigenvalue weighted by Gasteiger charge is 2.34. The fraction of sp³-hybridized carbons (Fsp3) is 0.259. The number of halogens is 1. The Kier molecular flexibility index (Phi) is 5.80. The van der Waals surface area contributed by atoms with Gasteiger partial charge in [-0.05, 0) is 43.3 Å². The first-order chi connectivity index (χ1) is 18.0. The van der Waals surface area contributed by atoms with Crippen LogP contribution in [-0.4, -0.2) is 51.9 Å². The lowest BCUT2D eigenvalue weighted by Gasteiger charge is -2.20. The Morgan fingerprint density at radius 3 is 2.84 bits per heavy atom. The standard InChI is InChI=1S/C27H26FN7O2/c1-34-14-16(12-31-34)18-6-7-23(33-26(18)32-17-8-10-29-13-17)35-15-20-19(27(35)36)9-11-30-25(20)24-21(28)4-3-5-22(24)37-2/h3-7,9,11-12,14,17,29H,8,10,13,15H2,1-2H3,(H,32,33)/t17-/m0/s1. The molecule has 1 aromatic carbocycles. The molecule has 3 aromatic heterocycles. The molecule has 188 valence electrons. The summed E-state index contributed by atoms with van der Waals surface area (Å²) in [6.07, 6.45) is 6.24. The Bertz CT molecular complexity index is 1500. The monoisotopic (exact) mass is 499 g/mol. The van der Waals surface area contributed by atoms with Crippen molar-refractivity contribution in [3.05, 3.63) is 71.9 Å². The number of hydrogen-bond acceptors (Lipinski definition) is 7. The van der Waals surface area contributed by atoms with Crippen LogP contribution in [0.15, 0.2) is 55.0 Å². The summed E-state index contributed by atoms with van der Waals surface area (Å²) in [6.45, 7) is 2.00. The molecule has 37 heavy (non-hydrogen) atoms. The molecule has 1 atom stereocenters. The molecule has 1 amide bonds. The van der Waals surface area contributed by atoms with Crippen LogP contribution in [0.1, 0.15) is 22.3 Å². The SMILES string of the molecule is COc1cccc(F)c1-c1nccc2c1CN(c1ccc(-c3cnn(C)c3)c(N[C@H]3CCNC3)n1)C2=O. The first-order valence-electron chi connectivity index (χ1n) is 12.1. The molecule has 0 aliphatic carbocycles. The van der Waals surface area contributed by atoms with E-state index in [-0.39, 0.29) is 24.1 Å². The lowest BCUT2D eigenvalue weighted by atomic mass is 10.0. The van der Waals surface area contributed by atoms with Crippen molar-refractivity contribution in [1.82, 2.24) is 25.1 Å². The predicted molar refractivity (Wildman–Crippen MR) is 138 cm³/mol. The van der Waals surface area contributed by atoms with Gasteiger partial charge in [-0.25, -0.2) is 9.37 Å². The number of benzene rings is 1. The van der Waals surface area contributed by atoms with Crippen LogP contribution in [0.3, 0.4) is 0 Å². The zero-order valence-corrected chi connectivity index (χ0v) is 20.5. The maximum Gasteiger partial charge on any atom is 0.260 e. The van der Waals surface area contributed by atoms with Gasteiger partial charge in [-0.3, -0.25) is 19.4 Å². The molecule has 4 aromatic rings. The number of carbonyl (C=O) groups excluding carboxylic acids is 1. The number of pyridine rings is 2. The summed E-state index contributed by atoms with van der Waals surface area (Å²) in [7, 11) is 3.36. The predicted octanol–water partition coefficient (Wildman–Crippen LogP) is 3.63. The van der Waals surface area contributed by atoms with E-state index >= 15 is 0 Å². The molecule has 2 aliphatic heterocycles. The number of nitrogens with zero attached hydrogens (tertiary/aromatic N) is 5. The molecule has 5 heterocycles. The molecule has 2 aliphatic rings. The van der Waals surface area contributed by atoms with E-state index in [1.165, 1.54) is 19.4 Å². The number of rotatable bonds is 6. The Hall–Kier alpha value is -4.31. The third-order valence-corrected chi connectivity index (χ3v) is 6.85. The van der Waals surface area contributed by atoms with E-state index in [0.29, 0.717) is 34.2 Å². The molecular formula is C27H26FN7O2. The van der Waals surface area contributed by atoms with Gasteiger partial charge < -0.3 is 15.4 Å². The van der Waals surface area contributed by atoms with E-state index in [4.69, 9.17) is 9.72 Å². The number of amides is 1. The van der Waals surface area contributed by atoms with Crippen molar-refractivity contribution in [2.45, 2.75) is 19.0 Å². The normalized spacial score (nSPS) is 16.8. The van der Waals surface area contributed by atoms with E-state index in [1.807, 2.05) is 25.4 Å². The maximum atomic E-state index is 14.9. The van der Waals surface area contributed by atoms with Crippen LogP contribution in [0.5, 0.6) is 5.75 Å². The lowest BCUT2D eigenvalue weighted by Crippen LogP contribution is -2.26. The highest BCUT2D eigenvalue weighted by molar-refractivity contribution is 6.11. The van der Waals surface area contributed by atoms with Crippen LogP contribution >= 0.6 is 0 Å². The smallest absolute Gasteiger partial charge is 0.260 e. The fourth-order valence-electron chi connectivity index (χ4n) is 5.01. The molecule has 0 bridgehead atoms. The summed E-state index contributed by atoms with van der Waals surface area (Å²) < 4.78 is 22.1. The number of aromatic nitrogens is 4. The molecule has 0 spiro atoms. The first-order valence-corrected chi connectivity index (χ1v) is 12.1. The Morgan fingerprint density at radius 1 is 1.19 bits per heavy atom. The minimum absolute atomic E-state index is 0.205. The van der Waals surface area contributed by atoms with Crippen molar-refractivity contribution in [3.8, 4) is 28.1 Å². The van der Waals surface area contributed by atoms with Gasteiger partial charge in [-0.1, -0.05) is 6.07 Å². The van der Waals surface area contributed by atoms with E-state index in [1.54, 1.807) is 34.0 Å². The summed E-state index contributed by atoms with van der Waals surface area (Å²) in [5.74, 6) is 0.902. The molecule has 0 unspecified atom stereocenters. The number of anilines is 2.